The Morgan fingerprint density at radius 1 is 0.950 bits per heavy atom. The molecule has 2 N–H and O–H groups in total. The van der Waals surface area contributed by atoms with Gasteiger partial charge in [-0.05, 0) is 31.2 Å². The van der Waals surface area contributed by atoms with Gasteiger partial charge in [-0.1, -0.05) is 29.8 Å². The number of carbonyl (C=O) groups excluding carboxylic acids is 2. The van der Waals surface area contributed by atoms with Crippen LogP contribution < -0.4 is 5.73 Å². The summed E-state index contributed by atoms with van der Waals surface area (Å²) in [7, 11) is 0. The third kappa shape index (κ3) is 3.45. The number of carbonyl (C=O) groups is 2. The number of rotatable bonds is 4. The summed E-state index contributed by atoms with van der Waals surface area (Å²) in [6.07, 6.45) is 0. The minimum absolute atomic E-state index is 0.228. The molecule has 20 heavy (non-hydrogen) atoms. The van der Waals surface area contributed by atoms with Gasteiger partial charge in [0.05, 0.1) is 5.56 Å². The van der Waals surface area contributed by atoms with Crippen LogP contribution in [0.4, 0.5) is 5.69 Å². The molecule has 0 fully saturated rings. The van der Waals surface area contributed by atoms with Crippen LogP contribution in [0, 0.1) is 6.92 Å². The van der Waals surface area contributed by atoms with Crippen molar-refractivity contribution in [3.63, 3.8) is 0 Å². The highest BCUT2D eigenvalue weighted by molar-refractivity contribution is 5.99. The Hall–Kier alpha value is -2.62. The van der Waals surface area contributed by atoms with Crippen molar-refractivity contribution in [1.29, 1.82) is 0 Å². The van der Waals surface area contributed by atoms with E-state index in [1.165, 1.54) is 0 Å². The minimum Gasteiger partial charge on any atom is -0.454 e. The number of aryl methyl sites for hydroxylation is 1. The Bertz CT molecular complexity index is 558. The summed E-state index contributed by atoms with van der Waals surface area (Å²) in [4.78, 5) is 23.6. The van der Waals surface area contributed by atoms with Crippen LogP contribution in [0.3, 0.4) is 0 Å². The van der Waals surface area contributed by atoms with Crippen LogP contribution in [0.1, 0.15) is 26.3 Å². The highest BCUT2D eigenvalue weighted by Crippen LogP contribution is 2.08. The lowest BCUT2D eigenvalue weighted by Gasteiger charge is -2.05. The van der Waals surface area contributed by atoms with Crippen molar-refractivity contribution in [2.45, 2.75) is 6.92 Å². The zero-order chi connectivity index (χ0) is 14.5. The van der Waals surface area contributed by atoms with E-state index in [0.29, 0.717) is 16.8 Å². The minimum atomic E-state index is -0.537. The van der Waals surface area contributed by atoms with Crippen LogP contribution in [0.15, 0.2) is 48.5 Å². The highest BCUT2D eigenvalue weighted by Gasteiger charge is 2.11. The second-order valence-corrected chi connectivity index (χ2v) is 4.49. The van der Waals surface area contributed by atoms with E-state index >= 15 is 0 Å². The van der Waals surface area contributed by atoms with E-state index < -0.39 is 5.97 Å². The summed E-state index contributed by atoms with van der Waals surface area (Å²) in [5.41, 5.74) is 8.07. The van der Waals surface area contributed by atoms with Crippen LogP contribution in [-0.2, 0) is 4.74 Å². The summed E-state index contributed by atoms with van der Waals surface area (Å²) in [5, 5.41) is 0. The van der Waals surface area contributed by atoms with Gasteiger partial charge in [0.2, 0.25) is 0 Å². The standard InChI is InChI=1S/C16H15NO3/c1-11-2-4-12(5-3-11)15(18)10-20-16(19)13-6-8-14(17)9-7-13/h2-9H,10,17H2,1H3. The molecule has 102 valence electrons. The SMILES string of the molecule is Cc1ccc(C(=O)COC(=O)c2ccc(N)cc2)cc1. The van der Waals surface area contributed by atoms with Crippen LogP contribution in [0.5, 0.6) is 0 Å². The van der Waals surface area contributed by atoms with Gasteiger partial charge in [-0.3, -0.25) is 4.79 Å². The van der Waals surface area contributed by atoms with E-state index in [0.717, 1.165) is 5.56 Å². The Kier molecular flexibility index (Phi) is 4.15. The lowest BCUT2D eigenvalue weighted by molar-refractivity contribution is 0.0475. The van der Waals surface area contributed by atoms with Crippen molar-refractivity contribution in [2.75, 3.05) is 12.3 Å². The van der Waals surface area contributed by atoms with E-state index in [2.05, 4.69) is 0 Å². The van der Waals surface area contributed by atoms with Crippen LogP contribution >= 0.6 is 0 Å². The molecule has 0 heterocycles. The van der Waals surface area contributed by atoms with Gasteiger partial charge in [0.25, 0.3) is 0 Å². The summed E-state index contributed by atoms with van der Waals surface area (Å²) >= 11 is 0. The van der Waals surface area contributed by atoms with Crippen LogP contribution in [0.2, 0.25) is 0 Å². The van der Waals surface area contributed by atoms with Gasteiger partial charge in [-0.15, -0.1) is 0 Å². The number of hydrogen-bond donors (Lipinski definition) is 1. The number of nitrogen functional groups attached to an aromatic ring is 1. The highest BCUT2D eigenvalue weighted by atomic mass is 16.5. The number of esters is 1. The number of anilines is 1. The molecule has 0 atom stereocenters. The van der Waals surface area contributed by atoms with Crippen molar-refractivity contribution in [3.05, 3.63) is 65.2 Å². The molecule has 4 nitrogen and oxygen atoms in total. The maximum absolute atomic E-state index is 11.8. The maximum Gasteiger partial charge on any atom is 0.338 e. The number of Topliss-reactive ketones (excluding diaryl/α,β-unsaturated/α-hetero) is 1. The topological polar surface area (TPSA) is 69.4 Å². The Morgan fingerprint density at radius 2 is 1.50 bits per heavy atom. The molecule has 4 heteroatoms. The number of nitrogens with two attached hydrogens (primary N) is 1. The fourth-order valence-corrected chi connectivity index (χ4v) is 1.66. The summed E-state index contributed by atoms with van der Waals surface area (Å²) in [5.74, 6) is -0.765. The molecule has 0 spiro atoms. The van der Waals surface area contributed by atoms with Crippen molar-refractivity contribution in [2.24, 2.45) is 0 Å². The molecule has 0 aliphatic carbocycles. The van der Waals surface area contributed by atoms with Crippen molar-refractivity contribution < 1.29 is 14.3 Å². The van der Waals surface area contributed by atoms with Crippen LogP contribution in [0.25, 0.3) is 0 Å². The van der Waals surface area contributed by atoms with Gasteiger partial charge < -0.3 is 10.5 Å². The lowest BCUT2D eigenvalue weighted by Crippen LogP contribution is -2.14. The van der Waals surface area contributed by atoms with E-state index in [9.17, 15) is 9.59 Å². The van der Waals surface area contributed by atoms with E-state index in [-0.39, 0.29) is 12.4 Å². The maximum atomic E-state index is 11.8. The molecule has 0 aromatic heterocycles. The van der Waals surface area contributed by atoms with E-state index in [1.807, 2.05) is 19.1 Å². The predicted molar refractivity (Wildman–Crippen MR) is 76.6 cm³/mol. The monoisotopic (exact) mass is 269 g/mol. The quantitative estimate of drug-likeness (QED) is 0.526. The van der Waals surface area contributed by atoms with Crippen molar-refractivity contribution in [3.8, 4) is 0 Å². The molecule has 0 amide bonds. The number of benzene rings is 2. The molecule has 0 saturated carbocycles. The van der Waals surface area contributed by atoms with Gasteiger partial charge in [-0.25, -0.2) is 4.79 Å². The molecule has 0 saturated heterocycles. The number of ketones is 1. The molecule has 0 aliphatic rings. The van der Waals surface area contributed by atoms with E-state index in [4.69, 9.17) is 10.5 Å². The Balaban J connectivity index is 1.94. The Morgan fingerprint density at radius 3 is 2.10 bits per heavy atom. The first-order valence-corrected chi connectivity index (χ1v) is 6.19. The Labute approximate surface area is 117 Å². The third-order valence-corrected chi connectivity index (χ3v) is 2.85. The van der Waals surface area contributed by atoms with Gasteiger partial charge in [0, 0.05) is 11.3 Å². The second kappa shape index (κ2) is 6.02. The predicted octanol–water partition coefficient (Wildman–Crippen LogP) is 2.62. The second-order valence-electron chi connectivity index (χ2n) is 4.49. The largest absolute Gasteiger partial charge is 0.454 e. The molecule has 2 aromatic rings. The summed E-state index contributed by atoms with van der Waals surface area (Å²) in [6, 6.07) is 13.5. The zero-order valence-corrected chi connectivity index (χ0v) is 11.1. The first kappa shape index (κ1) is 13.8. The summed E-state index contributed by atoms with van der Waals surface area (Å²) < 4.78 is 4.99. The summed E-state index contributed by atoms with van der Waals surface area (Å²) in [6.45, 7) is 1.67. The third-order valence-electron chi connectivity index (χ3n) is 2.85. The molecule has 2 rings (SSSR count). The van der Waals surface area contributed by atoms with Gasteiger partial charge >= 0.3 is 5.97 Å². The molecule has 2 aromatic carbocycles. The average molecular weight is 269 g/mol. The molecular formula is C16H15NO3. The zero-order valence-electron chi connectivity index (χ0n) is 11.1. The fourth-order valence-electron chi connectivity index (χ4n) is 1.66. The smallest absolute Gasteiger partial charge is 0.338 e. The van der Waals surface area contributed by atoms with Gasteiger partial charge in [-0.2, -0.15) is 0 Å². The molecule has 0 unspecified atom stereocenters. The van der Waals surface area contributed by atoms with Crippen LogP contribution in [-0.4, -0.2) is 18.4 Å². The normalized spacial score (nSPS) is 10.1. The number of ether oxygens (including phenoxy) is 1. The molecule has 0 aliphatic heterocycles. The van der Waals surface area contributed by atoms with Gasteiger partial charge in [0.1, 0.15) is 0 Å². The van der Waals surface area contributed by atoms with Gasteiger partial charge in [0.15, 0.2) is 12.4 Å². The van der Waals surface area contributed by atoms with Crippen molar-refractivity contribution in [1.82, 2.24) is 0 Å². The van der Waals surface area contributed by atoms with Crippen molar-refractivity contribution >= 4 is 17.4 Å². The lowest BCUT2D eigenvalue weighted by atomic mass is 10.1. The first-order valence-electron chi connectivity index (χ1n) is 6.19. The molecule has 0 bridgehead atoms. The number of hydrogen-bond acceptors (Lipinski definition) is 4. The average Bonchev–Trinajstić information content (AvgIpc) is 2.46. The molecular weight excluding hydrogens is 254 g/mol. The molecule has 0 radical (unpaired) electrons. The van der Waals surface area contributed by atoms with E-state index in [1.54, 1.807) is 36.4 Å². The fraction of sp³-hybridized carbons (Fsp3) is 0.125. The first-order chi connectivity index (χ1) is 9.56.